The van der Waals surface area contributed by atoms with Crippen LogP contribution in [0.2, 0.25) is 6.04 Å². The van der Waals surface area contributed by atoms with E-state index >= 15 is 0 Å². The van der Waals surface area contributed by atoms with E-state index in [9.17, 15) is 14.7 Å². The molecule has 0 amide bonds. The van der Waals surface area contributed by atoms with Crippen LogP contribution in [0, 0.1) is 17.8 Å². The van der Waals surface area contributed by atoms with E-state index in [1.165, 1.54) is 0 Å². The second-order valence-electron chi connectivity index (χ2n) is 5.76. The average Bonchev–Trinajstić information content (AvgIpc) is 2.51. The number of aliphatic carboxylic acids is 2. The van der Waals surface area contributed by atoms with Crippen molar-refractivity contribution < 1.29 is 33.1 Å². The van der Waals surface area contributed by atoms with Gasteiger partial charge in [-0.05, 0) is 31.6 Å². The van der Waals surface area contributed by atoms with Crippen molar-refractivity contribution in [3.8, 4) is 0 Å². The summed E-state index contributed by atoms with van der Waals surface area (Å²) in [6, 6.07) is 0.674. The molecule has 1 fully saturated rings. The molecule has 0 radical (unpaired) electrons. The Labute approximate surface area is 131 Å². The van der Waals surface area contributed by atoms with Crippen molar-refractivity contribution in [3.05, 3.63) is 0 Å². The third kappa shape index (κ3) is 4.77. The maximum Gasteiger partial charge on any atom is 0.500 e. The summed E-state index contributed by atoms with van der Waals surface area (Å²) >= 11 is 0. The minimum absolute atomic E-state index is 0.231. The molecule has 128 valence electrons. The molecule has 3 atom stereocenters. The van der Waals surface area contributed by atoms with Gasteiger partial charge >= 0.3 is 20.7 Å². The van der Waals surface area contributed by atoms with Gasteiger partial charge in [0, 0.05) is 27.4 Å². The SMILES string of the molecule is CO[Si](CCCC1CCC(C(=O)O)C(C(=O)O)C1)(OC)OC. The van der Waals surface area contributed by atoms with Crippen LogP contribution < -0.4 is 0 Å². The Bertz CT molecular complexity index is 375. The van der Waals surface area contributed by atoms with E-state index < -0.39 is 32.6 Å². The minimum atomic E-state index is -2.58. The van der Waals surface area contributed by atoms with Gasteiger partial charge in [0.2, 0.25) is 0 Å². The summed E-state index contributed by atoms with van der Waals surface area (Å²) in [5.74, 6) is -3.33. The van der Waals surface area contributed by atoms with Crippen LogP contribution in [0.3, 0.4) is 0 Å². The lowest BCUT2D eigenvalue weighted by Crippen LogP contribution is -2.42. The predicted molar refractivity (Wildman–Crippen MR) is 80.4 cm³/mol. The molecular weight excluding hydrogens is 308 g/mol. The molecule has 0 aromatic rings. The summed E-state index contributed by atoms with van der Waals surface area (Å²) < 4.78 is 16.1. The van der Waals surface area contributed by atoms with Gasteiger partial charge in [-0.15, -0.1) is 0 Å². The summed E-state index contributed by atoms with van der Waals surface area (Å²) in [6.07, 6.45) is 3.26. The lowest BCUT2D eigenvalue weighted by atomic mass is 9.73. The number of rotatable bonds is 9. The molecule has 1 aliphatic rings. The quantitative estimate of drug-likeness (QED) is 0.620. The second-order valence-corrected chi connectivity index (χ2v) is 8.85. The van der Waals surface area contributed by atoms with E-state index in [0.717, 1.165) is 19.3 Å². The van der Waals surface area contributed by atoms with Crippen molar-refractivity contribution in [2.45, 2.75) is 38.1 Å². The van der Waals surface area contributed by atoms with Crippen molar-refractivity contribution in [3.63, 3.8) is 0 Å². The van der Waals surface area contributed by atoms with Gasteiger partial charge < -0.3 is 23.5 Å². The number of carboxylic acids is 2. The van der Waals surface area contributed by atoms with Crippen molar-refractivity contribution in [1.29, 1.82) is 0 Å². The number of carboxylic acid groups (broad SMARTS) is 2. The van der Waals surface area contributed by atoms with E-state index in [1.807, 2.05) is 0 Å². The van der Waals surface area contributed by atoms with E-state index in [2.05, 4.69) is 0 Å². The van der Waals surface area contributed by atoms with Crippen LogP contribution in [-0.2, 0) is 22.9 Å². The Morgan fingerprint density at radius 2 is 1.55 bits per heavy atom. The molecule has 0 aromatic carbocycles. The van der Waals surface area contributed by atoms with Crippen LogP contribution in [0.5, 0.6) is 0 Å². The first kappa shape index (κ1) is 19.1. The van der Waals surface area contributed by atoms with Crippen LogP contribution >= 0.6 is 0 Å². The van der Waals surface area contributed by atoms with Crippen molar-refractivity contribution in [2.24, 2.45) is 17.8 Å². The number of hydrogen-bond acceptors (Lipinski definition) is 5. The molecular formula is C14H26O7Si. The molecule has 7 nitrogen and oxygen atoms in total. The highest BCUT2D eigenvalue weighted by atomic mass is 28.4. The maximum atomic E-state index is 11.3. The molecule has 0 aromatic heterocycles. The van der Waals surface area contributed by atoms with Gasteiger partial charge in [-0.1, -0.05) is 6.42 Å². The fourth-order valence-corrected chi connectivity index (χ4v) is 5.00. The molecule has 8 heteroatoms. The van der Waals surface area contributed by atoms with Gasteiger partial charge in [-0.25, -0.2) is 0 Å². The first-order valence-corrected chi connectivity index (χ1v) is 9.43. The normalized spacial score (nSPS) is 25.9. The highest BCUT2D eigenvalue weighted by Crippen LogP contribution is 2.37. The molecule has 22 heavy (non-hydrogen) atoms. The summed E-state index contributed by atoms with van der Waals surface area (Å²) in [4.78, 5) is 22.4. The Hall–Kier alpha value is -0.963. The van der Waals surface area contributed by atoms with Gasteiger partial charge in [0.1, 0.15) is 0 Å². The molecule has 0 heterocycles. The largest absolute Gasteiger partial charge is 0.500 e. The molecule has 0 spiro atoms. The lowest BCUT2D eigenvalue weighted by Gasteiger charge is -2.32. The third-order valence-corrected chi connectivity index (χ3v) is 7.45. The molecule has 0 bridgehead atoms. The molecule has 1 saturated carbocycles. The first-order chi connectivity index (χ1) is 10.4. The Balaban J connectivity index is 2.51. The lowest BCUT2D eigenvalue weighted by molar-refractivity contribution is -0.156. The number of carbonyl (C=O) groups is 2. The Morgan fingerprint density at radius 3 is 2.00 bits per heavy atom. The van der Waals surface area contributed by atoms with Crippen LogP contribution in [0.4, 0.5) is 0 Å². The van der Waals surface area contributed by atoms with Gasteiger partial charge in [0.25, 0.3) is 0 Å². The van der Waals surface area contributed by atoms with Crippen LogP contribution in [-0.4, -0.2) is 52.3 Å². The van der Waals surface area contributed by atoms with E-state index in [1.54, 1.807) is 21.3 Å². The zero-order valence-electron chi connectivity index (χ0n) is 13.4. The Morgan fingerprint density at radius 1 is 1.00 bits per heavy atom. The predicted octanol–water partition coefficient (Wildman–Crippen LogP) is 1.85. The fourth-order valence-electron chi connectivity index (χ4n) is 3.25. The molecule has 3 unspecified atom stereocenters. The van der Waals surface area contributed by atoms with Gasteiger partial charge in [0.15, 0.2) is 0 Å². The third-order valence-electron chi connectivity index (χ3n) is 4.62. The van der Waals surface area contributed by atoms with E-state index in [-0.39, 0.29) is 5.92 Å². The van der Waals surface area contributed by atoms with Crippen LogP contribution in [0.15, 0.2) is 0 Å². The van der Waals surface area contributed by atoms with E-state index in [0.29, 0.717) is 18.9 Å². The van der Waals surface area contributed by atoms with Crippen LogP contribution in [0.25, 0.3) is 0 Å². The molecule has 0 aliphatic heterocycles. The molecule has 2 N–H and O–H groups in total. The fraction of sp³-hybridized carbons (Fsp3) is 0.857. The monoisotopic (exact) mass is 334 g/mol. The van der Waals surface area contributed by atoms with Gasteiger partial charge in [-0.2, -0.15) is 0 Å². The van der Waals surface area contributed by atoms with E-state index in [4.69, 9.17) is 18.4 Å². The van der Waals surface area contributed by atoms with Crippen molar-refractivity contribution in [2.75, 3.05) is 21.3 Å². The zero-order chi connectivity index (χ0) is 16.8. The summed E-state index contributed by atoms with van der Waals surface area (Å²) in [5, 5.41) is 18.3. The van der Waals surface area contributed by atoms with Crippen molar-refractivity contribution >= 4 is 20.7 Å². The minimum Gasteiger partial charge on any atom is -0.481 e. The average molecular weight is 334 g/mol. The van der Waals surface area contributed by atoms with Crippen molar-refractivity contribution in [1.82, 2.24) is 0 Å². The summed E-state index contributed by atoms with van der Waals surface area (Å²) in [7, 11) is 2.12. The smallest absolute Gasteiger partial charge is 0.481 e. The topological polar surface area (TPSA) is 102 Å². The Kier molecular flexibility index (Phi) is 7.47. The summed E-state index contributed by atoms with van der Waals surface area (Å²) in [6.45, 7) is 0. The maximum absolute atomic E-state index is 11.3. The highest BCUT2D eigenvalue weighted by Gasteiger charge is 2.40. The molecule has 1 aliphatic carbocycles. The van der Waals surface area contributed by atoms with Gasteiger partial charge in [0.05, 0.1) is 11.8 Å². The second kappa shape index (κ2) is 8.61. The standard InChI is InChI=1S/C14H26O7Si/c1-19-22(20-2,21-3)8-4-5-10-6-7-11(13(15)16)12(9-10)14(17)18/h10-12H,4-9H2,1-3H3,(H,15,16)(H,17,18). The zero-order valence-corrected chi connectivity index (χ0v) is 14.4. The number of hydrogen-bond donors (Lipinski definition) is 2. The molecule has 0 saturated heterocycles. The van der Waals surface area contributed by atoms with Gasteiger partial charge in [-0.3, -0.25) is 9.59 Å². The molecule has 1 rings (SSSR count). The van der Waals surface area contributed by atoms with Crippen LogP contribution in [0.1, 0.15) is 32.1 Å². The first-order valence-electron chi connectivity index (χ1n) is 7.50. The summed E-state index contributed by atoms with van der Waals surface area (Å²) in [5.41, 5.74) is 0. The highest BCUT2D eigenvalue weighted by molar-refractivity contribution is 6.60.